The highest BCUT2D eigenvalue weighted by molar-refractivity contribution is 7.89. The Morgan fingerprint density at radius 3 is 2.67 bits per heavy atom. The van der Waals surface area contributed by atoms with E-state index < -0.39 is 21.1 Å². The minimum atomic E-state index is -3.99. The molecule has 1 aromatic rings. The van der Waals surface area contributed by atoms with E-state index in [2.05, 4.69) is 4.72 Å². The number of nitro benzene ring substituents is 1. The average molecular weight is 295 g/mol. The summed E-state index contributed by atoms with van der Waals surface area (Å²) in [6.07, 6.45) is -0.878. The quantitative estimate of drug-likeness (QED) is 0.619. The van der Waals surface area contributed by atoms with E-state index in [1.165, 1.54) is 6.92 Å². The molecule has 0 radical (unpaired) electrons. The van der Waals surface area contributed by atoms with Gasteiger partial charge >= 0.3 is 0 Å². The number of aliphatic hydroxyl groups excluding tert-OH is 1. The van der Waals surface area contributed by atoms with Crippen molar-refractivity contribution in [1.29, 1.82) is 0 Å². The van der Waals surface area contributed by atoms with Crippen molar-refractivity contribution in [3.63, 3.8) is 0 Å². The monoisotopic (exact) mass is 294 g/mol. The third kappa shape index (κ3) is 3.64. The number of nitro groups is 1. The summed E-state index contributed by atoms with van der Waals surface area (Å²) in [4.78, 5) is 9.46. The van der Waals surface area contributed by atoms with E-state index in [0.29, 0.717) is 0 Å². The maximum Gasteiger partial charge on any atom is 0.270 e. The van der Waals surface area contributed by atoms with Crippen molar-refractivity contribution in [2.45, 2.75) is 17.9 Å². The second-order valence-corrected chi connectivity index (χ2v) is 5.72. The van der Waals surface area contributed by atoms with Crippen LogP contribution in [0.3, 0.4) is 0 Å². The van der Waals surface area contributed by atoms with Gasteiger partial charge in [-0.15, -0.1) is 0 Å². The summed E-state index contributed by atoms with van der Waals surface area (Å²) < 4.78 is 25.7. The highest BCUT2D eigenvalue weighted by Gasteiger charge is 2.21. The maximum atomic E-state index is 11.8. The minimum absolute atomic E-state index is 0.126. The lowest BCUT2D eigenvalue weighted by Crippen LogP contribution is -2.30. The van der Waals surface area contributed by atoms with Crippen molar-refractivity contribution >= 4 is 27.3 Å². The maximum absolute atomic E-state index is 11.8. The number of hydrogen-bond acceptors (Lipinski definition) is 5. The van der Waals surface area contributed by atoms with Gasteiger partial charge in [-0.05, 0) is 13.0 Å². The van der Waals surface area contributed by atoms with Crippen LogP contribution in [0.2, 0.25) is 5.02 Å². The molecule has 9 heteroatoms. The molecular formula is C9H11ClN2O5S. The number of nitrogens with one attached hydrogen (secondary N) is 1. The van der Waals surface area contributed by atoms with Crippen LogP contribution >= 0.6 is 11.6 Å². The van der Waals surface area contributed by atoms with Crippen molar-refractivity contribution in [2.24, 2.45) is 0 Å². The lowest BCUT2D eigenvalue weighted by atomic mass is 10.3. The number of halogens is 1. The van der Waals surface area contributed by atoms with Crippen LogP contribution in [-0.2, 0) is 10.0 Å². The second-order valence-electron chi connectivity index (χ2n) is 3.57. The van der Waals surface area contributed by atoms with Crippen LogP contribution in [-0.4, -0.2) is 31.1 Å². The van der Waals surface area contributed by atoms with Gasteiger partial charge in [0, 0.05) is 18.7 Å². The third-order valence-corrected chi connectivity index (χ3v) is 3.89. The highest BCUT2D eigenvalue weighted by Crippen LogP contribution is 2.25. The zero-order valence-electron chi connectivity index (χ0n) is 9.33. The van der Waals surface area contributed by atoms with Gasteiger partial charge in [0.1, 0.15) is 4.90 Å². The van der Waals surface area contributed by atoms with E-state index in [0.717, 1.165) is 18.2 Å². The van der Waals surface area contributed by atoms with Gasteiger partial charge in [0.25, 0.3) is 5.69 Å². The highest BCUT2D eigenvalue weighted by atomic mass is 35.5. The van der Waals surface area contributed by atoms with E-state index in [1.54, 1.807) is 0 Å². The Labute approximate surface area is 109 Å². The molecule has 1 atom stereocenters. The van der Waals surface area contributed by atoms with Crippen molar-refractivity contribution in [3.05, 3.63) is 33.3 Å². The molecule has 0 aliphatic heterocycles. The number of hydrogen-bond donors (Lipinski definition) is 2. The van der Waals surface area contributed by atoms with Gasteiger partial charge in [0.05, 0.1) is 16.0 Å². The van der Waals surface area contributed by atoms with Crippen molar-refractivity contribution in [2.75, 3.05) is 6.54 Å². The molecule has 2 N–H and O–H groups in total. The summed E-state index contributed by atoms with van der Waals surface area (Å²) >= 11 is 5.70. The van der Waals surface area contributed by atoms with Crippen LogP contribution in [0.5, 0.6) is 0 Å². The zero-order chi connectivity index (χ0) is 13.9. The molecule has 7 nitrogen and oxygen atoms in total. The van der Waals surface area contributed by atoms with Crippen LogP contribution in [0.15, 0.2) is 23.1 Å². The normalized spacial score (nSPS) is 13.3. The smallest absolute Gasteiger partial charge is 0.270 e. The summed E-state index contributed by atoms with van der Waals surface area (Å²) in [6.45, 7) is 1.19. The topological polar surface area (TPSA) is 110 Å². The molecule has 100 valence electrons. The zero-order valence-corrected chi connectivity index (χ0v) is 10.9. The lowest BCUT2D eigenvalue weighted by molar-refractivity contribution is -0.385. The Bertz CT molecular complexity index is 558. The molecule has 0 aliphatic carbocycles. The Morgan fingerprint density at radius 2 is 2.17 bits per heavy atom. The van der Waals surface area contributed by atoms with E-state index in [9.17, 15) is 18.5 Å². The average Bonchev–Trinajstić information content (AvgIpc) is 2.26. The van der Waals surface area contributed by atoms with Gasteiger partial charge in [-0.3, -0.25) is 10.1 Å². The summed E-state index contributed by atoms with van der Waals surface area (Å²) in [5.74, 6) is 0. The number of aliphatic hydroxyl groups is 1. The molecular weight excluding hydrogens is 284 g/mol. The predicted molar refractivity (Wildman–Crippen MR) is 65.0 cm³/mol. The molecule has 1 rings (SSSR count). The third-order valence-electron chi connectivity index (χ3n) is 1.98. The standard InChI is InChI=1S/C9H11ClN2O5S/c1-6(13)5-11-18(16,17)9-4-7(12(14)15)2-3-8(9)10/h2-4,6,11,13H,5H2,1H3/t6-/m0/s1. The number of benzene rings is 1. The number of sulfonamides is 1. The van der Waals surface area contributed by atoms with Crippen molar-refractivity contribution in [1.82, 2.24) is 4.72 Å². The molecule has 0 fully saturated rings. The van der Waals surface area contributed by atoms with Crippen LogP contribution in [0, 0.1) is 10.1 Å². The fourth-order valence-electron chi connectivity index (χ4n) is 1.12. The first-order valence-electron chi connectivity index (χ1n) is 4.85. The van der Waals surface area contributed by atoms with Gasteiger partial charge in [-0.2, -0.15) is 0 Å². The first-order valence-corrected chi connectivity index (χ1v) is 6.72. The first-order chi connectivity index (χ1) is 8.24. The van der Waals surface area contributed by atoms with Gasteiger partial charge in [-0.1, -0.05) is 11.6 Å². The van der Waals surface area contributed by atoms with Crippen molar-refractivity contribution < 1.29 is 18.4 Å². The largest absolute Gasteiger partial charge is 0.392 e. The second kappa shape index (κ2) is 5.61. The fraction of sp³-hybridized carbons (Fsp3) is 0.333. The van der Waals surface area contributed by atoms with Gasteiger partial charge in [-0.25, -0.2) is 13.1 Å². The predicted octanol–water partition coefficient (Wildman–Crippen LogP) is 0.907. The first kappa shape index (κ1) is 14.8. The summed E-state index contributed by atoms with van der Waals surface area (Å²) in [6, 6.07) is 3.11. The number of nitrogens with zero attached hydrogens (tertiary/aromatic N) is 1. The number of non-ortho nitro benzene ring substituents is 1. The molecule has 0 unspecified atom stereocenters. The van der Waals surface area contributed by atoms with Crippen LogP contribution in [0.25, 0.3) is 0 Å². The van der Waals surface area contributed by atoms with Gasteiger partial charge < -0.3 is 5.11 Å². The summed E-state index contributed by atoms with van der Waals surface area (Å²) in [5.41, 5.74) is -0.378. The Kier molecular flexibility index (Phi) is 4.63. The SMILES string of the molecule is C[C@H](O)CNS(=O)(=O)c1cc([N+](=O)[O-])ccc1Cl. The molecule has 0 aromatic heterocycles. The Morgan fingerprint density at radius 1 is 1.56 bits per heavy atom. The molecule has 0 spiro atoms. The lowest BCUT2D eigenvalue weighted by Gasteiger charge is -2.09. The molecule has 0 heterocycles. The molecule has 0 saturated heterocycles. The van der Waals surface area contributed by atoms with E-state index in [-0.39, 0.29) is 22.2 Å². The van der Waals surface area contributed by atoms with Crippen LogP contribution in [0.1, 0.15) is 6.92 Å². The molecule has 0 bridgehead atoms. The molecule has 1 aromatic carbocycles. The summed E-state index contributed by atoms with van der Waals surface area (Å²) in [7, 11) is -3.99. The minimum Gasteiger partial charge on any atom is -0.392 e. The molecule has 0 saturated carbocycles. The Balaban J connectivity index is 3.15. The fourth-order valence-corrected chi connectivity index (χ4v) is 2.76. The van der Waals surface area contributed by atoms with E-state index >= 15 is 0 Å². The Hall–Kier alpha value is -1.22. The molecule has 18 heavy (non-hydrogen) atoms. The van der Waals surface area contributed by atoms with E-state index in [4.69, 9.17) is 16.7 Å². The molecule has 0 aliphatic rings. The van der Waals surface area contributed by atoms with Crippen LogP contribution < -0.4 is 4.72 Å². The van der Waals surface area contributed by atoms with Crippen molar-refractivity contribution in [3.8, 4) is 0 Å². The van der Waals surface area contributed by atoms with E-state index in [1.807, 2.05) is 0 Å². The summed E-state index contributed by atoms with van der Waals surface area (Å²) in [5, 5.41) is 19.4. The van der Waals surface area contributed by atoms with Crippen LogP contribution in [0.4, 0.5) is 5.69 Å². The number of rotatable bonds is 5. The van der Waals surface area contributed by atoms with Gasteiger partial charge in [0.15, 0.2) is 0 Å². The molecule has 0 amide bonds. The van der Waals surface area contributed by atoms with Gasteiger partial charge in [0.2, 0.25) is 10.0 Å².